The number of hydrogen-bond acceptors (Lipinski definition) is 4. The van der Waals surface area contributed by atoms with Crippen molar-refractivity contribution in [1.29, 1.82) is 0 Å². The zero-order valence-corrected chi connectivity index (χ0v) is 11.8. The molecule has 0 radical (unpaired) electrons. The maximum Gasteiger partial charge on any atom is 0.270 e. The number of carbonyl (C=O) groups is 1. The van der Waals surface area contributed by atoms with Gasteiger partial charge in [0.15, 0.2) is 0 Å². The summed E-state index contributed by atoms with van der Waals surface area (Å²) < 4.78 is 0. The van der Waals surface area contributed by atoms with Crippen molar-refractivity contribution in [1.82, 2.24) is 15.3 Å². The highest BCUT2D eigenvalue weighted by Gasteiger charge is 2.09. The van der Waals surface area contributed by atoms with Crippen LogP contribution in [-0.4, -0.2) is 28.7 Å². The number of hydrogen-bond donors (Lipinski definition) is 2. The summed E-state index contributed by atoms with van der Waals surface area (Å²) >= 11 is 1.54. The Morgan fingerprint density at radius 1 is 1.56 bits per heavy atom. The molecule has 6 heteroatoms. The Balaban J connectivity index is 2.70. The molecule has 0 saturated carbocycles. The summed E-state index contributed by atoms with van der Waals surface area (Å²) in [5, 5.41) is 2.77. The Kier molecular flexibility index (Phi) is 5.91. The number of carbonyl (C=O) groups excluding carboxylic acids is 1. The highest BCUT2D eigenvalue weighted by molar-refractivity contribution is 7.97. The van der Waals surface area contributed by atoms with Crippen LogP contribution in [0.15, 0.2) is 10.9 Å². The van der Waals surface area contributed by atoms with E-state index in [1.807, 2.05) is 6.26 Å². The molecular weight excluding hydrogens is 250 g/mol. The van der Waals surface area contributed by atoms with Gasteiger partial charge in [0.05, 0.1) is 5.75 Å². The van der Waals surface area contributed by atoms with Gasteiger partial charge in [-0.25, -0.2) is 4.98 Å². The van der Waals surface area contributed by atoms with Crippen molar-refractivity contribution in [3.05, 3.63) is 27.9 Å². The first-order valence-corrected chi connectivity index (χ1v) is 7.29. The third-order valence-corrected chi connectivity index (χ3v) is 2.87. The molecule has 5 nitrogen and oxygen atoms in total. The second-order valence-corrected chi connectivity index (χ2v) is 5.31. The van der Waals surface area contributed by atoms with Crippen molar-refractivity contribution < 1.29 is 4.79 Å². The van der Waals surface area contributed by atoms with Crippen LogP contribution in [0.5, 0.6) is 0 Å². The molecule has 0 fully saturated rings. The molecule has 1 rings (SSSR count). The predicted octanol–water partition coefficient (Wildman–Crippen LogP) is 1.41. The maximum atomic E-state index is 11.8. The highest BCUT2D eigenvalue weighted by atomic mass is 32.2. The van der Waals surface area contributed by atoms with E-state index >= 15 is 0 Å². The smallest absolute Gasteiger partial charge is 0.270 e. The first-order chi connectivity index (χ1) is 8.52. The third kappa shape index (κ3) is 4.91. The Hall–Kier alpha value is -1.30. The normalized spacial score (nSPS) is 10.7. The molecule has 0 aliphatic rings. The molecule has 0 saturated heterocycles. The van der Waals surface area contributed by atoms with Gasteiger partial charge < -0.3 is 10.3 Å². The van der Waals surface area contributed by atoms with Crippen LogP contribution >= 0.6 is 11.8 Å². The molecule has 0 atom stereocenters. The van der Waals surface area contributed by atoms with E-state index in [0.717, 1.165) is 6.42 Å². The van der Waals surface area contributed by atoms with Gasteiger partial charge in [-0.15, -0.1) is 0 Å². The summed E-state index contributed by atoms with van der Waals surface area (Å²) in [6, 6.07) is 1.23. The minimum Gasteiger partial charge on any atom is -0.351 e. The zero-order chi connectivity index (χ0) is 13.5. The van der Waals surface area contributed by atoms with Crippen molar-refractivity contribution in [2.45, 2.75) is 26.0 Å². The minimum atomic E-state index is -0.289. The highest BCUT2D eigenvalue weighted by Crippen LogP contribution is 2.03. The molecule has 0 spiro atoms. The van der Waals surface area contributed by atoms with Crippen molar-refractivity contribution in [3.8, 4) is 0 Å². The lowest BCUT2D eigenvalue weighted by molar-refractivity contribution is 0.0946. The van der Waals surface area contributed by atoms with E-state index < -0.39 is 0 Å². The average Bonchev–Trinajstić information content (AvgIpc) is 2.28. The Bertz CT molecular complexity index is 457. The van der Waals surface area contributed by atoms with E-state index in [4.69, 9.17) is 0 Å². The summed E-state index contributed by atoms with van der Waals surface area (Å²) in [6.07, 6.45) is 2.82. The topological polar surface area (TPSA) is 74.8 Å². The van der Waals surface area contributed by atoms with Crippen LogP contribution in [0.1, 0.15) is 36.6 Å². The largest absolute Gasteiger partial charge is 0.351 e. The van der Waals surface area contributed by atoms with Crippen LogP contribution in [0, 0.1) is 5.92 Å². The van der Waals surface area contributed by atoms with Gasteiger partial charge in [0.2, 0.25) is 0 Å². The number of aromatic amines is 1. The van der Waals surface area contributed by atoms with E-state index in [1.54, 1.807) is 11.8 Å². The lowest BCUT2D eigenvalue weighted by Crippen LogP contribution is -2.28. The molecule has 0 aromatic carbocycles. The SMILES string of the molecule is CSCc1nc(C(=O)NCCC(C)C)cc(=O)[nH]1. The Morgan fingerprint density at radius 2 is 2.28 bits per heavy atom. The second kappa shape index (κ2) is 7.20. The molecule has 1 heterocycles. The molecule has 0 aliphatic carbocycles. The van der Waals surface area contributed by atoms with Crippen LogP contribution in [0.3, 0.4) is 0 Å². The molecule has 18 heavy (non-hydrogen) atoms. The number of rotatable bonds is 6. The first-order valence-electron chi connectivity index (χ1n) is 5.90. The summed E-state index contributed by atoms with van der Waals surface area (Å²) in [7, 11) is 0. The van der Waals surface area contributed by atoms with Gasteiger partial charge in [0.25, 0.3) is 11.5 Å². The molecule has 1 aromatic heterocycles. The van der Waals surface area contributed by atoms with Crippen molar-refractivity contribution in [2.75, 3.05) is 12.8 Å². The van der Waals surface area contributed by atoms with Gasteiger partial charge in [0, 0.05) is 12.6 Å². The van der Waals surface area contributed by atoms with Crippen LogP contribution in [0.2, 0.25) is 0 Å². The quantitative estimate of drug-likeness (QED) is 0.819. The molecule has 1 amide bonds. The molecule has 1 aromatic rings. The lowest BCUT2D eigenvalue weighted by atomic mass is 10.1. The van der Waals surface area contributed by atoms with E-state index in [1.165, 1.54) is 6.07 Å². The fraction of sp³-hybridized carbons (Fsp3) is 0.583. The lowest BCUT2D eigenvalue weighted by Gasteiger charge is -2.07. The van der Waals surface area contributed by atoms with Gasteiger partial charge in [0.1, 0.15) is 11.5 Å². The molecule has 0 unspecified atom stereocenters. The van der Waals surface area contributed by atoms with Gasteiger partial charge in [-0.2, -0.15) is 11.8 Å². The third-order valence-electron chi connectivity index (χ3n) is 2.31. The molecule has 0 bridgehead atoms. The van der Waals surface area contributed by atoms with Crippen molar-refractivity contribution >= 4 is 17.7 Å². The summed E-state index contributed by atoms with van der Waals surface area (Å²) in [5.41, 5.74) is -0.102. The number of thioether (sulfide) groups is 1. The van der Waals surface area contributed by atoms with Crippen molar-refractivity contribution in [3.63, 3.8) is 0 Å². The van der Waals surface area contributed by atoms with Crippen molar-refractivity contribution in [2.24, 2.45) is 5.92 Å². The van der Waals surface area contributed by atoms with Crippen LogP contribution in [0.4, 0.5) is 0 Å². The molecule has 0 aliphatic heterocycles. The molecular formula is C12H19N3O2S. The van der Waals surface area contributed by atoms with Gasteiger partial charge in [-0.1, -0.05) is 13.8 Å². The molecule has 100 valence electrons. The van der Waals surface area contributed by atoms with E-state index in [9.17, 15) is 9.59 Å². The minimum absolute atomic E-state index is 0.187. The van der Waals surface area contributed by atoms with Crippen LogP contribution in [0.25, 0.3) is 0 Å². The Labute approximate surface area is 111 Å². The molecule has 2 N–H and O–H groups in total. The van der Waals surface area contributed by atoms with E-state index in [2.05, 4.69) is 29.1 Å². The van der Waals surface area contributed by atoms with Crippen LogP contribution < -0.4 is 10.9 Å². The number of nitrogens with one attached hydrogen (secondary N) is 2. The summed E-state index contributed by atoms with van der Waals surface area (Å²) in [4.78, 5) is 29.9. The van der Waals surface area contributed by atoms with Gasteiger partial charge in [-0.3, -0.25) is 9.59 Å². The fourth-order valence-electron chi connectivity index (χ4n) is 1.39. The van der Waals surface area contributed by atoms with Gasteiger partial charge >= 0.3 is 0 Å². The van der Waals surface area contributed by atoms with E-state index in [-0.39, 0.29) is 17.2 Å². The summed E-state index contributed by atoms with van der Waals surface area (Å²) in [6.45, 7) is 4.78. The predicted molar refractivity (Wildman–Crippen MR) is 73.9 cm³/mol. The number of aromatic nitrogens is 2. The fourth-order valence-corrected chi connectivity index (χ4v) is 1.80. The monoisotopic (exact) mass is 269 g/mol. The Morgan fingerprint density at radius 3 is 2.89 bits per heavy atom. The van der Waals surface area contributed by atoms with Crippen LogP contribution in [-0.2, 0) is 5.75 Å². The summed E-state index contributed by atoms with van der Waals surface area (Å²) in [5.74, 6) is 1.36. The average molecular weight is 269 g/mol. The van der Waals surface area contributed by atoms with Gasteiger partial charge in [-0.05, 0) is 18.6 Å². The zero-order valence-electron chi connectivity index (χ0n) is 10.9. The second-order valence-electron chi connectivity index (χ2n) is 4.45. The number of H-pyrrole nitrogens is 1. The number of amides is 1. The maximum absolute atomic E-state index is 11.8. The van der Waals surface area contributed by atoms with E-state index in [0.29, 0.717) is 24.0 Å². The first kappa shape index (κ1) is 14.8. The number of nitrogens with zero attached hydrogens (tertiary/aromatic N) is 1. The standard InChI is InChI=1S/C12H19N3O2S/c1-8(2)4-5-13-12(17)9-6-11(16)15-10(14-9)7-18-3/h6,8H,4-5,7H2,1-3H3,(H,13,17)(H,14,15,16).